The highest BCUT2D eigenvalue weighted by atomic mass is 16.5. The quantitative estimate of drug-likeness (QED) is 0.659. The lowest BCUT2D eigenvalue weighted by atomic mass is 9.96. The molecule has 2 aliphatic rings. The van der Waals surface area contributed by atoms with Crippen molar-refractivity contribution >= 4 is 11.7 Å². The third-order valence-electron chi connectivity index (χ3n) is 5.33. The molecule has 0 atom stereocenters. The van der Waals surface area contributed by atoms with Crippen LogP contribution in [0.15, 0.2) is 29.3 Å². The van der Waals surface area contributed by atoms with Gasteiger partial charge < -0.3 is 14.3 Å². The van der Waals surface area contributed by atoms with Gasteiger partial charge in [0, 0.05) is 38.2 Å². The molecule has 10 heteroatoms. The van der Waals surface area contributed by atoms with Crippen LogP contribution in [0.5, 0.6) is 0 Å². The summed E-state index contributed by atoms with van der Waals surface area (Å²) in [5, 5.41) is 16.6. The second kappa shape index (κ2) is 7.02. The summed E-state index contributed by atoms with van der Waals surface area (Å²) in [6.45, 7) is 2.63. The Morgan fingerprint density at radius 2 is 1.79 bits per heavy atom. The Morgan fingerprint density at radius 1 is 1.00 bits per heavy atom. The predicted octanol–water partition coefficient (Wildman–Crippen LogP) is 0.886. The van der Waals surface area contributed by atoms with E-state index in [0.717, 1.165) is 42.8 Å². The first-order chi connectivity index (χ1) is 13.8. The van der Waals surface area contributed by atoms with Crippen molar-refractivity contribution in [2.24, 2.45) is 0 Å². The fourth-order valence-corrected chi connectivity index (χ4v) is 3.78. The summed E-state index contributed by atoms with van der Waals surface area (Å²) in [6.07, 6.45) is 6.99. The maximum atomic E-state index is 12.9. The number of aryl methyl sites for hydroxylation is 1. The molecule has 0 unspecified atom stereocenters. The molecule has 4 heterocycles. The van der Waals surface area contributed by atoms with E-state index in [0.29, 0.717) is 37.7 Å². The van der Waals surface area contributed by atoms with Crippen molar-refractivity contribution in [1.29, 1.82) is 0 Å². The molecule has 5 rings (SSSR count). The Bertz CT molecular complexity index is 958. The molecule has 10 nitrogen and oxygen atoms in total. The highest BCUT2D eigenvalue weighted by Gasteiger charge is 2.29. The van der Waals surface area contributed by atoms with Gasteiger partial charge in [-0.25, -0.2) is 9.67 Å². The minimum absolute atomic E-state index is 0.0286. The SMILES string of the molecule is O=C(c1noc2c1CCCC2)N1CCN(c2ccc(-n3cncn3)nn2)CC1. The van der Waals surface area contributed by atoms with Crippen LogP contribution < -0.4 is 4.90 Å². The Morgan fingerprint density at radius 3 is 2.54 bits per heavy atom. The van der Waals surface area contributed by atoms with Gasteiger partial charge in [0.2, 0.25) is 0 Å². The van der Waals surface area contributed by atoms with E-state index in [1.165, 1.54) is 6.33 Å². The fourth-order valence-electron chi connectivity index (χ4n) is 3.78. The Kier molecular flexibility index (Phi) is 4.22. The number of rotatable bonds is 3. The molecular formula is C18H20N8O2. The zero-order valence-corrected chi connectivity index (χ0v) is 15.4. The number of anilines is 1. The van der Waals surface area contributed by atoms with Gasteiger partial charge in [0.15, 0.2) is 17.3 Å². The number of carbonyl (C=O) groups is 1. The summed E-state index contributed by atoms with van der Waals surface area (Å²) < 4.78 is 6.96. The molecular weight excluding hydrogens is 360 g/mol. The lowest BCUT2D eigenvalue weighted by molar-refractivity contribution is 0.0735. The third kappa shape index (κ3) is 3.00. The molecule has 0 aromatic carbocycles. The molecule has 0 saturated carbocycles. The number of aromatic nitrogens is 6. The molecule has 1 fully saturated rings. The summed E-state index contributed by atoms with van der Waals surface area (Å²) in [5.74, 6) is 2.26. The monoisotopic (exact) mass is 380 g/mol. The summed E-state index contributed by atoms with van der Waals surface area (Å²) in [5.41, 5.74) is 1.51. The van der Waals surface area contributed by atoms with E-state index in [-0.39, 0.29) is 5.91 Å². The van der Waals surface area contributed by atoms with Crippen LogP contribution in [0.1, 0.15) is 34.7 Å². The van der Waals surface area contributed by atoms with Gasteiger partial charge in [-0.15, -0.1) is 10.2 Å². The summed E-state index contributed by atoms with van der Waals surface area (Å²) in [4.78, 5) is 20.8. The molecule has 1 aliphatic heterocycles. The minimum Gasteiger partial charge on any atom is -0.360 e. The van der Waals surface area contributed by atoms with E-state index >= 15 is 0 Å². The first-order valence-corrected chi connectivity index (χ1v) is 9.50. The number of hydrogen-bond acceptors (Lipinski definition) is 8. The third-order valence-corrected chi connectivity index (χ3v) is 5.33. The molecule has 0 radical (unpaired) electrons. The number of hydrogen-bond donors (Lipinski definition) is 0. The lowest BCUT2D eigenvalue weighted by Crippen LogP contribution is -2.49. The zero-order valence-electron chi connectivity index (χ0n) is 15.4. The Labute approximate surface area is 161 Å². The van der Waals surface area contributed by atoms with Gasteiger partial charge in [-0.1, -0.05) is 5.16 Å². The van der Waals surface area contributed by atoms with Crippen molar-refractivity contribution in [3.05, 3.63) is 41.8 Å². The number of nitrogens with zero attached hydrogens (tertiary/aromatic N) is 8. The lowest BCUT2D eigenvalue weighted by Gasteiger charge is -2.34. The van der Waals surface area contributed by atoms with Gasteiger partial charge in [-0.05, 0) is 31.4 Å². The highest BCUT2D eigenvalue weighted by molar-refractivity contribution is 5.94. The molecule has 28 heavy (non-hydrogen) atoms. The van der Waals surface area contributed by atoms with Crippen LogP contribution in [0.4, 0.5) is 5.82 Å². The van der Waals surface area contributed by atoms with Crippen LogP contribution in [0.3, 0.4) is 0 Å². The van der Waals surface area contributed by atoms with Crippen LogP contribution in [0.25, 0.3) is 5.82 Å². The number of carbonyl (C=O) groups excluding carboxylic acids is 1. The van der Waals surface area contributed by atoms with Crippen LogP contribution in [0.2, 0.25) is 0 Å². The van der Waals surface area contributed by atoms with Crippen molar-refractivity contribution in [2.45, 2.75) is 25.7 Å². The molecule has 1 amide bonds. The standard InChI is InChI=1S/C18H20N8O2/c27-18(17-13-3-1-2-4-14(13)28-23-17)25-9-7-24(8-10-25)15-5-6-16(22-21-15)26-12-19-11-20-26/h5-6,11-12H,1-4,7-10H2. The van der Waals surface area contributed by atoms with Gasteiger partial charge in [-0.2, -0.15) is 5.10 Å². The van der Waals surface area contributed by atoms with Crippen LogP contribution in [0, 0.1) is 0 Å². The molecule has 0 bridgehead atoms. The van der Waals surface area contributed by atoms with Crippen molar-refractivity contribution in [3.63, 3.8) is 0 Å². The number of amides is 1. The summed E-state index contributed by atoms with van der Waals surface area (Å²) in [7, 11) is 0. The molecule has 1 saturated heterocycles. The average molecular weight is 380 g/mol. The van der Waals surface area contributed by atoms with E-state index in [9.17, 15) is 4.79 Å². The van der Waals surface area contributed by atoms with Gasteiger partial charge in [0.1, 0.15) is 18.4 Å². The minimum atomic E-state index is -0.0286. The molecule has 144 valence electrons. The van der Waals surface area contributed by atoms with Gasteiger partial charge in [-0.3, -0.25) is 4.79 Å². The van der Waals surface area contributed by atoms with Gasteiger partial charge in [0.05, 0.1) is 0 Å². The summed E-state index contributed by atoms with van der Waals surface area (Å²) in [6, 6.07) is 3.77. The summed E-state index contributed by atoms with van der Waals surface area (Å²) >= 11 is 0. The highest BCUT2D eigenvalue weighted by Crippen LogP contribution is 2.25. The van der Waals surface area contributed by atoms with Crippen LogP contribution >= 0.6 is 0 Å². The maximum absolute atomic E-state index is 12.9. The van der Waals surface area contributed by atoms with Crippen molar-refractivity contribution in [2.75, 3.05) is 31.1 Å². The van der Waals surface area contributed by atoms with Crippen molar-refractivity contribution < 1.29 is 9.32 Å². The number of fused-ring (bicyclic) bond motifs is 1. The maximum Gasteiger partial charge on any atom is 0.276 e. The van der Waals surface area contributed by atoms with Crippen molar-refractivity contribution in [3.8, 4) is 5.82 Å². The predicted molar refractivity (Wildman–Crippen MR) is 98.2 cm³/mol. The second-order valence-corrected chi connectivity index (χ2v) is 7.01. The molecule has 1 aliphatic carbocycles. The van der Waals surface area contributed by atoms with E-state index in [1.807, 2.05) is 17.0 Å². The Hall–Kier alpha value is -3.30. The van der Waals surface area contributed by atoms with Gasteiger partial charge in [0.25, 0.3) is 5.91 Å². The van der Waals surface area contributed by atoms with E-state index < -0.39 is 0 Å². The molecule has 0 N–H and O–H groups in total. The van der Waals surface area contributed by atoms with Crippen LogP contribution in [-0.4, -0.2) is 67.1 Å². The first-order valence-electron chi connectivity index (χ1n) is 9.50. The van der Waals surface area contributed by atoms with E-state index in [4.69, 9.17) is 4.52 Å². The normalized spacial score (nSPS) is 16.9. The molecule has 3 aromatic rings. The smallest absolute Gasteiger partial charge is 0.276 e. The second-order valence-electron chi connectivity index (χ2n) is 7.01. The largest absolute Gasteiger partial charge is 0.360 e. The Balaban J connectivity index is 1.24. The fraction of sp³-hybridized carbons (Fsp3) is 0.444. The van der Waals surface area contributed by atoms with Crippen LogP contribution in [-0.2, 0) is 12.8 Å². The molecule has 3 aromatic heterocycles. The molecule has 0 spiro atoms. The van der Waals surface area contributed by atoms with Gasteiger partial charge >= 0.3 is 0 Å². The number of piperazine rings is 1. The van der Waals surface area contributed by atoms with E-state index in [1.54, 1.807) is 11.0 Å². The first kappa shape index (κ1) is 16.8. The average Bonchev–Trinajstić information content (AvgIpc) is 3.44. The topological polar surface area (TPSA) is 106 Å². The zero-order chi connectivity index (χ0) is 18.9. The van der Waals surface area contributed by atoms with E-state index in [2.05, 4.69) is 30.3 Å². The van der Waals surface area contributed by atoms with Crippen molar-refractivity contribution in [1.82, 2.24) is 35.0 Å².